The van der Waals surface area contributed by atoms with E-state index >= 15 is 0 Å². The summed E-state index contributed by atoms with van der Waals surface area (Å²) in [5, 5.41) is -3.97. The highest BCUT2D eigenvalue weighted by Gasteiger charge is 2.57. The van der Waals surface area contributed by atoms with Crippen LogP contribution in [0.2, 0.25) is 0 Å². The number of alkyl halides is 5. The smallest absolute Gasteiger partial charge is 0.399 e. The van der Waals surface area contributed by atoms with Gasteiger partial charge in [0.2, 0.25) is 0 Å². The normalized spacial score (nSPS) is 16.0. The summed E-state index contributed by atoms with van der Waals surface area (Å²) < 4.78 is 74.5. The number of ether oxygens (including phenoxy) is 1. The fraction of sp³-hybridized carbons (Fsp3) is 0.600. The molecule has 0 aliphatic rings. The van der Waals surface area contributed by atoms with Crippen molar-refractivity contribution in [3.05, 3.63) is 12.1 Å². The lowest BCUT2D eigenvalue weighted by Crippen LogP contribution is -2.42. The molecule has 1 atom stereocenters. The van der Waals surface area contributed by atoms with Crippen LogP contribution < -0.4 is 0 Å². The summed E-state index contributed by atoms with van der Waals surface area (Å²) >= 11 is 9.10. The van der Waals surface area contributed by atoms with E-state index in [0.29, 0.717) is 0 Å². The molecule has 0 amide bonds. The van der Waals surface area contributed by atoms with Gasteiger partial charge in [-0.1, -0.05) is 11.6 Å². The van der Waals surface area contributed by atoms with Gasteiger partial charge >= 0.3 is 18.2 Å². The van der Waals surface area contributed by atoms with Crippen LogP contribution in [0.5, 0.6) is 0 Å². The molecule has 0 saturated carbocycles. The lowest BCUT2D eigenvalue weighted by molar-refractivity contribution is -0.272. The average Bonchev–Trinajstić information content (AvgIpc) is 2.03. The predicted molar refractivity (Wildman–Crippen MR) is 36.8 cm³/mol. The third-order valence-electron chi connectivity index (χ3n) is 0.960. The van der Waals surface area contributed by atoms with Gasteiger partial charge in [0.1, 0.15) is 0 Å². The van der Waals surface area contributed by atoms with Crippen LogP contribution in [-0.4, -0.2) is 17.1 Å². The van der Waals surface area contributed by atoms with E-state index in [1.807, 2.05) is 0 Å². The summed E-state index contributed by atoms with van der Waals surface area (Å²) in [6.45, 7) is 0. The molecule has 0 radical (unpaired) electrons. The zero-order valence-corrected chi connectivity index (χ0v) is 7.65. The maximum atomic E-state index is 12.5. The molecule has 0 fully saturated rings. The van der Waals surface area contributed by atoms with Crippen LogP contribution in [-0.2, 0) is 4.74 Å². The van der Waals surface area contributed by atoms with Crippen LogP contribution in [0.1, 0.15) is 0 Å². The Bertz CT molecular complexity index is 236. The van der Waals surface area contributed by atoms with Crippen molar-refractivity contribution in [2.75, 3.05) is 5.88 Å². The molecule has 0 rings (SSSR count). The number of hydrogen-bond donors (Lipinski definition) is 0. The molecule has 84 valence electrons. The maximum Gasteiger partial charge on any atom is 0.450 e. The Morgan fingerprint density at radius 3 is 1.86 bits per heavy atom. The van der Waals surface area contributed by atoms with Crippen molar-refractivity contribution in [3.8, 4) is 0 Å². The molecule has 0 aliphatic heterocycles. The zero-order valence-electron chi connectivity index (χ0n) is 6.14. The fourth-order valence-electron chi connectivity index (χ4n) is 0.304. The van der Waals surface area contributed by atoms with Crippen LogP contribution >= 0.6 is 23.2 Å². The van der Waals surface area contributed by atoms with Crippen molar-refractivity contribution < 1.29 is 31.1 Å². The molecule has 0 bridgehead atoms. The lowest BCUT2D eigenvalue weighted by atomic mass is 10.4. The monoisotopic (exact) mass is 262 g/mol. The molecule has 1 nitrogen and oxygen atoms in total. The second-order valence-electron chi connectivity index (χ2n) is 1.99. The minimum Gasteiger partial charge on any atom is -0.399 e. The Labute approximate surface area is 84.2 Å². The third kappa shape index (κ3) is 3.13. The van der Waals surface area contributed by atoms with E-state index in [-0.39, 0.29) is 0 Å². The first-order valence-corrected chi connectivity index (χ1v) is 3.76. The number of rotatable bonds is 4. The van der Waals surface area contributed by atoms with Gasteiger partial charge in [-0.2, -0.15) is 22.0 Å². The number of hydrogen-bond acceptors (Lipinski definition) is 1. The van der Waals surface area contributed by atoms with Gasteiger partial charge < -0.3 is 4.74 Å². The second kappa shape index (κ2) is 4.48. The first-order valence-electron chi connectivity index (χ1n) is 2.85. The van der Waals surface area contributed by atoms with Gasteiger partial charge in [0.05, 0.1) is 5.88 Å². The van der Waals surface area contributed by atoms with Gasteiger partial charge in [-0.3, -0.25) is 0 Å². The van der Waals surface area contributed by atoms with Crippen molar-refractivity contribution in [2.24, 2.45) is 0 Å². The minimum absolute atomic E-state index is 1.47. The Morgan fingerprint density at radius 1 is 1.14 bits per heavy atom. The molecule has 0 aromatic carbocycles. The molecule has 1 unspecified atom stereocenters. The standard InChI is InChI=1S/C5H2Cl2F6O/c6-1-4(7,11)5(12,13)14-3(10)2(8)9/h1H2. The summed E-state index contributed by atoms with van der Waals surface area (Å²) in [5.41, 5.74) is 0. The van der Waals surface area contributed by atoms with Crippen molar-refractivity contribution in [1.82, 2.24) is 0 Å². The quantitative estimate of drug-likeness (QED) is 0.426. The summed E-state index contributed by atoms with van der Waals surface area (Å²) in [6, 6.07) is -2.91. The van der Waals surface area contributed by atoms with Gasteiger partial charge in [-0.25, -0.2) is 4.39 Å². The molecule has 0 aromatic heterocycles. The lowest BCUT2D eigenvalue weighted by Gasteiger charge is -2.24. The van der Waals surface area contributed by atoms with E-state index < -0.39 is 29.2 Å². The Hall–Kier alpha value is -0.300. The maximum absolute atomic E-state index is 12.5. The fourth-order valence-corrected chi connectivity index (χ4v) is 0.498. The zero-order chi connectivity index (χ0) is 11.6. The average molecular weight is 263 g/mol. The van der Waals surface area contributed by atoms with Gasteiger partial charge in [0, 0.05) is 0 Å². The second-order valence-corrected chi connectivity index (χ2v) is 2.86. The van der Waals surface area contributed by atoms with E-state index in [2.05, 4.69) is 27.9 Å². The molecule has 0 aliphatic carbocycles. The first kappa shape index (κ1) is 13.7. The Balaban J connectivity index is 4.74. The van der Waals surface area contributed by atoms with Gasteiger partial charge in [-0.15, -0.1) is 11.6 Å². The van der Waals surface area contributed by atoms with Gasteiger partial charge in [0.25, 0.3) is 5.13 Å². The van der Waals surface area contributed by atoms with Crippen LogP contribution in [0, 0.1) is 0 Å². The topological polar surface area (TPSA) is 9.23 Å². The van der Waals surface area contributed by atoms with Gasteiger partial charge in [0.15, 0.2) is 0 Å². The summed E-state index contributed by atoms with van der Waals surface area (Å²) in [7, 11) is 0. The molecule has 0 heterocycles. The summed E-state index contributed by atoms with van der Waals surface area (Å²) in [4.78, 5) is 0. The van der Waals surface area contributed by atoms with Crippen LogP contribution in [0.3, 0.4) is 0 Å². The van der Waals surface area contributed by atoms with E-state index in [9.17, 15) is 26.3 Å². The molecule has 0 aromatic rings. The van der Waals surface area contributed by atoms with Crippen LogP contribution in [0.4, 0.5) is 26.3 Å². The number of halogens is 8. The highest BCUT2D eigenvalue weighted by molar-refractivity contribution is 6.30. The molecule has 0 saturated heterocycles. The third-order valence-corrected chi connectivity index (χ3v) is 1.82. The van der Waals surface area contributed by atoms with E-state index in [4.69, 9.17) is 0 Å². The van der Waals surface area contributed by atoms with E-state index in [0.717, 1.165) is 0 Å². The first-order chi connectivity index (χ1) is 6.14. The molecular formula is C5H2Cl2F6O. The Kier molecular flexibility index (Phi) is 4.38. The van der Waals surface area contributed by atoms with Crippen molar-refractivity contribution >= 4 is 23.2 Å². The SMILES string of the molecule is FC(F)=C(F)OC(F)(F)C(F)(Cl)CCl. The van der Waals surface area contributed by atoms with Crippen molar-refractivity contribution in [1.29, 1.82) is 0 Å². The van der Waals surface area contributed by atoms with E-state index in [1.165, 1.54) is 0 Å². The molecule has 0 N–H and O–H groups in total. The molecule has 9 heteroatoms. The molecule has 14 heavy (non-hydrogen) atoms. The minimum atomic E-state index is -5.00. The van der Waals surface area contributed by atoms with Crippen LogP contribution in [0.15, 0.2) is 12.1 Å². The van der Waals surface area contributed by atoms with Crippen molar-refractivity contribution in [3.63, 3.8) is 0 Å². The highest BCUT2D eigenvalue weighted by Crippen LogP contribution is 2.40. The summed E-state index contributed by atoms with van der Waals surface area (Å²) in [6.07, 6.45) is -8.16. The molecular weight excluding hydrogens is 261 g/mol. The van der Waals surface area contributed by atoms with Crippen molar-refractivity contribution in [2.45, 2.75) is 11.2 Å². The van der Waals surface area contributed by atoms with Gasteiger partial charge in [-0.05, 0) is 0 Å². The van der Waals surface area contributed by atoms with Crippen LogP contribution in [0.25, 0.3) is 0 Å². The molecule has 0 spiro atoms. The highest BCUT2D eigenvalue weighted by atomic mass is 35.5. The predicted octanol–water partition coefficient (Wildman–Crippen LogP) is 3.77. The largest absolute Gasteiger partial charge is 0.450 e. The van der Waals surface area contributed by atoms with E-state index in [1.54, 1.807) is 0 Å². The Morgan fingerprint density at radius 2 is 1.57 bits per heavy atom. The summed E-state index contributed by atoms with van der Waals surface area (Å²) in [5.74, 6) is -1.47.